The highest BCUT2D eigenvalue weighted by molar-refractivity contribution is 5.85. The lowest BCUT2D eigenvalue weighted by molar-refractivity contribution is -0.130. The van der Waals surface area contributed by atoms with Gasteiger partial charge in [-0.15, -0.1) is 0 Å². The molecule has 0 aliphatic carbocycles. The van der Waals surface area contributed by atoms with Gasteiger partial charge in [-0.2, -0.15) is 0 Å². The van der Waals surface area contributed by atoms with E-state index in [0.717, 1.165) is 56.6 Å². The van der Waals surface area contributed by atoms with Crippen molar-refractivity contribution in [2.24, 2.45) is 0 Å². The summed E-state index contributed by atoms with van der Waals surface area (Å²) in [5.74, 6) is 0.791. The zero-order valence-corrected chi connectivity index (χ0v) is 19.1. The molecule has 0 saturated heterocycles. The predicted octanol–water partition coefficient (Wildman–Crippen LogP) is 4.75. The van der Waals surface area contributed by atoms with Crippen molar-refractivity contribution in [1.29, 1.82) is 0 Å². The fourth-order valence-corrected chi connectivity index (χ4v) is 4.30. The smallest absolute Gasteiger partial charge is 0.259 e. The second-order valence-electron chi connectivity index (χ2n) is 8.66. The third kappa shape index (κ3) is 5.40. The number of carbonyl (C=O) groups is 1. The summed E-state index contributed by atoms with van der Waals surface area (Å²) >= 11 is 0. The molecule has 1 aliphatic rings. The summed E-state index contributed by atoms with van der Waals surface area (Å²) in [4.78, 5) is 19.4. The van der Waals surface area contributed by atoms with Gasteiger partial charge in [-0.3, -0.25) is 9.69 Å². The second-order valence-corrected chi connectivity index (χ2v) is 8.66. The number of unbranched alkanes of at least 4 members (excludes halogenated alkanes) is 1. The van der Waals surface area contributed by atoms with Crippen LogP contribution in [0.25, 0.3) is 16.5 Å². The summed E-state index contributed by atoms with van der Waals surface area (Å²) in [6, 6.07) is 16.8. The molecule has 4 rings (SSSR count). The highest BCUT2D eigenvalue weighted by Crippen LogP contribution is 2.29. The molecule has 2 heterocycles. The van der Waals surface area contributed by atoms with E-state index in [0.29, 0.717) is 0 Å². The second kappa shape index (κ2) is 10.5. The van der Waals surface area contributed by atoms with E-state index in [9.17, 15) is 4.79 Å². The normalized spacial score (nSPS) is 14.4. The third-order valence-corrected chi connectivity index (χ3v) is 6.24. The molecule has 1 aromatic heterocycles. The molecule has 5 nitrogen and oxygen atoms in total. The number of aromatic amines is 1. The van der Waals surface area contributed by atoms with Crippen LogP contribution >= 0.6 is 0 Å². The molecule has 2 aromatic carbocycles. The van der Waals surface area contributed by atoms with Crippen LogP contribution in [-0.4, -0.2) is 61.0 Å². The molecule has 3 aromatic rings. The Hall–Kier alpha value is -3.05. The number of hydrogen-bond acceptors (Lipinski definition) is 3. The lowest BCUT2D eigenvalue weighted by Gasteiger charge is -2.26. The first-order chi connectivity index (χ1) is 15.6. The highest BCUT2D eigenvalue weighted by Gasteiger charge is 2.14. The Morgan fingerprint density at radius 2 is 1.94 bits per heavy atom. The number of ether oxygens (including phenoxy) is 1. The number of carbonyl (C=O) groups excluding carboxylic acids is 1. The largest absolute Gasteiger partial charge is 0.483 e. The average Bonchev–Trinajstić information content (AvgIpc) is 3.30. The summed E-state index contributed by atoms with van der Waals surface area (Å²) in [5.41, 5.74) is 5.13. The standard InChI is InChI=1S/C27H33N3O2/c1-29(2)27(31)20-32-26-12-11-25-23(13-16-28-25)24(26)10-6-7-17-30-18-14-22(15-19-30)21-8-4-3-5-9-21/h3-5,8-9,11-14,16,28H,6-7,10,15,17-20H2,1-2H3. The monoisotopic (exact) mass is 431 g/mol. The summed E-state index contributed by atoms with van der Waals surface area (Å²) in [7, 11) is 3.50. The van der Waals surface area contributed by atoms with Crippen LogP contribution in [0.2, 0.25) is 0 Å². The van der Waals surface area contributed by atoms with Crippen molar-refractivity contribution in [2.45, 2.75) is 25.7 Å². The molecule has 168 valence electrons. The molecule has 1 aliphatic heterocycles. The highest BCUT2D eigenvalue weighted by atomic mass is 16.5. The van der Waals surface area contributed by atoms with Crippen molar-refractivity contribution in [1.82, 2.24) is 14.8 Å². The molecule has 32 heavy (non-hydrogen) atoms. The first kappa shape index (κ1) is 22.2. The van der Waals surface area contributed by atoms with Gasteiger partial charge in [-0.25, -0.2) is 0 Å². The van der Waals surface area contributed by atoms with Crippen LogP contribution in [0.4, 0.5) is 0 Å². The number of hydrogen-bond donors (Lipinski definition) is 1. The van der Waals surface area contributed by atoms with Crippen molar-refractivity contribution < 1.29 is 9.53 Å². The number of H-pyrrole nitrogens is 1. The number of rotatable bonds is 9. The number of fused-ring (bicyclic) bond motifs is 1. The van der Waals surface area contributed by atoms with Crippen molar-refractivity contribution in [2.75, 3.05) is 40.3 Å². The van der Waals surface area contributed by atoms with Crippen molar-refractivity contribution in [3.05, 3.63) is 71.9 Å². The molecule has 0 unspecified atom stereocenters. The summed E-state index contributed by atoms with van der Waals surface area (Å²) in [6.07, 6.45) is 8.64. The maximum absolute atomic E-state index is 12.0. The molecular weight excluding hydrogens is 398 g/mol. The zero-order chi connectivity index (χ0) is 22.3. The number of nitrogens with zero attached hydrogens (tertiary/aromatic N) is 2. The first-order valence-electron chi connectivity index (χ1n) is 11.5. The van der Waals surface area contributed by atoms with Gasteiger partial charge in [0.2, 0.25) is 0 Å². The van der Waals surface area contributed by atoms with Crippen LogP contribution in [0, 0.1) is 0 Å². The van der Waals surface area contributed by atoms with Gasteiger partial charge in [0.15, 0.2) is 6.61 Å². The molecule has 0 atom stereocenters. The fraction of sp³-hybridized carbons (Fsp3) is 0.370. The molecule has 1 amide bonds. The van der Waals surface area contributed by atoms with Gasteiger partial charge in [-0.1, -0.05) is 36.4 Å². The molecule has 0 saturated carbocycles. The quantitative estimate of drug-likeness (QED) is 0.498. The number of aromatic nitrogens is 1. The Bertz CT molecular complexity index is 1070. The van der Waals surface area contributed by atoms with E-state index in [1.54, 1.807) is 19.0 Å². The number of amides is 1. The van der Waals surface area contributed by atoms with Crippen molar-refractivity contribution >= 4 is 22.4 Å². The van der Waals surface area contributed by atoms with E-state index < -0.39 is 0 Å². The molecule has 0 bridgehead atoms. The molecule has 0 spiro atoms. The van der Waals surface area contributed by atoms with Gasteiger partial charge < -0.3 is 14.6 Å². The van der Waals surface area contributed by atoms with Gasteiger partial charge in [0.05, 0.1) is 0 Å². The summed E-state index contributed by atoms with van der Waals surface area (Å²) in [6.45, 7) is 3.32. The number of benzene rings is 2. The Kier molecular flexibility index (Phi) is 7.28. The maximum atomic E-state index is 12.0. The number of nitrogens with one attached hydrogen (secondary N) is 1. The van der Waals surface area contributed by atoms with Crippen LogP contribution in [0.1, 0.15) is 30.4 Å². The Labute approximate surface area is 190 Å². The van der Waals surface area contributed by atoms with E-state index in [2.05, 4.69) is 52.4 Å². The maximum Gasteiger partial charge on any atom is 0.259 e. The third-order valence-electron chi connectivity index (χ3n) is 6.24. The van der Waals surface area contributed by atoms with Gasteiger partial charge in [-0.05, 0) is 61.6 Å². The SMILES string of the molecule is CN(C)C(=O)COc1ccc2[nH]ccc2c1CCCCN1CC=C(c2ccccc2)CC1. The van der Waals surface area contributed by atoms with E-state index >= 15 is 0 Å². The predicted molar refractivity (Wildman–Crippen MR) is 131 cm³/mol. The molecule has 0 radical (unpaired) electrons. The van der Waals surface area contributed by atoms with Gasteiger partial charge in [0, 0.05) is 49.8 Å². The minimum atomic E-state index is -0.0295. The zero-order valence-electron chi connectivity index (χ0n) is 19.1. The van der Waals surface area contributed by atoms with Crippen LogP contribution in [0.15, 0.2) is 60.8 Å². The Balaban J connectivity index is 1.31. The van der Waals surface area contributed by atoms with Crippen molar-refractivity contribution in [3.8, 4) is 5.75 Å². The van der Waals surface area contributed by atoms with E-state index in [-0.39, 0.29) is 12.5 Å². The summed E-state index contributed by atoms with van der Waals surface area (Å²) < 4.78 is 5.92. The minimum absolute atomic E-state index is 0.0295. The van der Waals surface area contributed by atoms with E-state index in [1.807, 2.05) is 18.3 Å². The molecule has 5 heteroatoms. The molecule has 1 N–H and O–H groups in total. The van der Waals surface area contributed by atoms with Crippen LogP contribution in [0.3, 0.4) is 0 Å². The average molecular weight is 432 g/mol. The number of likely N-dealkylation sites (N-methyl/N-ethyl adjacent to an activating group) is 1. The van der Waals surface area contributed by atoms with E-state index in [1.165, 1.54) is 22.1 Å². The minimum Gasteiger partial charge on any atom is -0.483 e. The molecular formula is C27H33N3O2. The lowest BCUT2D eigenvalue weighted by Crippen LogP contribution is -2.29. The van der Waals surface area contributed by atoms with Gasteiger partial charge >= 0.3 is 0 Å². The number of aryl methyl sites for hydroxylation is 1. The topological polar surface area (TPSA) is 48.6 Å². The Morgan fingerprint density at radius 1 is 1.09 bits per heavy atom. The van der Waals surface area contributed by atoms with E-state index in [4.69, 9.17) is 4.74 Å². The first-order valence-corrected chi connectivity index (χ1v) is 11.5. The summed E-state index contributed by atoms with van der Waals surface area (Å²) in [5, 5.41) is 1.19. The lowest BCUT2D eigenvalue weighted by atomic mass is 9.99. The van der Waals surface area contributed by atoms with Gasteiger partial charge in [0.25, 0.3) is 5.91 Å². The van der Waals surface area contributed by atoms with Crippen LogP contribution in [0.5, 0.6) is 5.75 Å². The molecule has 0 fully saturated rings. The van der Waals surface area contributed by atoms with Crippen molar-refractivity contribution in [3.63, 3.8) is 0 Å². The Morgan fingerprint density at radius 3 is 2.69 bits per heavy atom. The van der Waals surface area contributed by atoms with Gasteiger partial charge in [0.1, 0.15) is 5.75 Å². The fourth-order valence-electron chi connectivity index (χ4n) is 4.30. The van der Waals surface area contributed by atoms with Crippen LogP contribution in [-0.2, 0) is 11.2 Å². The van der Waals surface area contributed by atoms with Crippen LogP contribution < -0.4 is 4.74 Å².